The molecule has 0 bridgehead atoms. The third kappa shape index (κ3) is 3.32. The first-order valence-electron chi connectivity index (χ1n) is 4.81. The van der Waals surface area contributed by atoms with Crippen molar-refractivity contribution in [1.82, 2.24) is 5.32 Å². The molecule has 0 aromatic rings. The summed E-state index contributed by atoms with van der Waals surface area (Å²) < 4.78 is 5.50. The molecule has 0 aromatic carbocycles. The standard InChI is InChI=1S/C9H17NO3/c1-2-3-4-13-7-5-8(9(11)12)10-6-7/h7-8,10H,2-6H2,1H3,(H,11,12)/t7-,8-/m1/s1. The average Bonchev–Trinajstić information content (AvgIpc) is 2.53. The van der Waals surface area contributed by atoms with Crippen LogP contribution in [0.3, 0.4) is 0 Å². The second-order valence-electron chi connectivity index (χ2n) is 3.38. The highest BCUT2D eigenvalue weighted by molar-refractivity contribution is 5.73. The summed E-state index contributed by atoms with van der Waals surface area (Å²) in [5, 5.41) is 11.6. The third-order valence-corrected chi connectivity index (χ3v) is 2.24. The van der Waals surface area contributed by atoms with Gasteiger partial charge in [-0.15, -0.1) is 0 Å². The van der Waals surface area contributed by atoms with Crippen molar-refractivity contribution in [2.24, 2.45) is 0 Å². The SMILES string of the molecule is CCCCO[C@H]1CN[C@@H](C(=O)O)C1. The number of carboxylic acid groups (broad SMARTS) is 1. The maximum Gasteiger partial charge on any atom is 0.320 e. The van der Waals surface area contributed by atoms with Crippen LogP contribution in [0.1, 0.15) is 26.2 Å². The Morgan fingerprint density at radius 1 is 1.69 bits per heavy atom. The Labute approximate surface area is 78.3 Å². The molecular formula is C9H17NO3. The molecule has 1 aliphatic rings. The highest BCUT2D eigenvalue weighted by Gasteiger charge is 2.29. The van der Waals surface area contributed by atoms with Crippen molar-refractivity contribution in [3.8, 4) is 0 Å². The molecule has 2 N–H and O–H groups in total. The summed E-state index contributed by atoms with van der Waals surface area (Å²) in [7, 11) is 0. The van der Waals surface area contributed by atoms with E-state index in [4.69, 9.17) is 9.84 Å². The van der Waals surface area contributed by atoms with Crippen molar-refractivity contribution in [3.05, 3.63) is 0 Å². The number of ether oxygens (including phenoxy) is 1. The number of hydrogen-bond acceptors (Lipinski definition) is 3. The normalized spacial score (nSPS) is 27.8. The van der Waals surface area contributed by atoms with Gasteiger partial charge in [-0.3, -0.25) is 4.79 Å². The number of carboxylic acids is 1. The molecule has 0 amide bonds. The Hall–Kier alpha value is -0.610. The van der Waals surface area contributed by atoms with Gasteiger partial charge in [0.25, 0.3) is 0 Å². The molecule has 0 unspecified atom stereocenters. The molecule has 1 heterocycles. The molecule has 1 fully saturated rings. The van der Waals surface area contributed by atoms with Gasteiger partial charge in [-0.05, 0) is 6.42 Å². The van der Waals surface area contributed by atoms with Crippen molar-refractivity contribution >= 4 is 5.97 Å². The second-order valence-corrected chi connectivity index (χ2v) is 3.38. The minimum Gasteiger partial charge on any atom is -0.480 e. The quantitative estimate of drug-likeness (QED) is 0.619. The largest absolute Gasteiger partial charge is 0.480 e. The topological polar surface area (TPSA) is 58.6 Å². The Bertz CT molecular complexity index is 172. The van der Waals surface area contributed by atoms with Gasteiger partial charge in [0.2, 0.25) is 0 Å². The van der Waals surface area contributed by atoms with Crippen LogP contribution < -0.4 is 5.32 Å². The van der Waals surface area contributed by atoms with Crippen molar-refractivity contribution in [1.29, 1.82) is 0 Å². The molecule has 0 aliphatic carbocycles. The Morgan fingerprint density at radius 3 is 3.00 bits per heavy atom. The lowest BCUT2D eigenvalue weighted by Gasteiger charge is -2.09. The number of aliphatic carboxylic acids is 1. The molecule has 13 heavy (non-hydrogen) atoms. The first-order valence-corrected chi connectivity index (χ1v) is 4.81. The van der Waals surface area contributed by atoms with E-state index in [-0.39, 0.29) is 6.10 Å². The maximum absolute atomic E-state index is 10.6. The summed E-state index contributed by atoms with van der Waals surface area (Å²) in [6.45, 7) is 3.52. The predicted molar refractivity (Wildman–Crippen MR) is 48.7 cm³/mol. The summed E-state index contributed by atoms with van der Waals surface area (Å²) >= 11 is 0. The van der Waals surface area contributed by atoms with Gasteiger partial charge in [-0.1, -0.05) is 13.3 Å². The van der Waals surface area contributed by atoms with Gasteiger partial charge < -0.3 is 15.2 Å². The molecular weight excluding hydrogens is 170 g/mol. The van der Waals surface area contributed by atoms with Gasteiger partial charge in [0, 0.05) is 19.6 Å². The van der Waals surface area contributed by atoms with E-state index < -0.39 is 12.0 Å². The molecule has 1 aliphatic heterocycles. The minimum absolute atomic E-state index is 0.0904. The predicted octanol–water partition coefficient (Wildman–Crippen LogP) is 0.618. The monoisotopic (exact) mass is 187 g/mol. The van der Waals surface area contributed by atoms with E-state index in [2.05, 4.69) is 12.2 Å². The fourth-order valence-corrected chi connectivity index (χ4v) is 1.41. The van der Waals surface area contributed by atoms with E-state index in [1.165, 1.54) is 0 Å². The highest BCUT2D eigenvalue weighted by atomic mass is 16.5. The first kappa shape index (κ1) is 10.5. The maximum atomic E-state index is 10.6. The summed E-state index contributed by atoms with van der Waals surface area (Å²) in [4.78, 5) is 10.6. The number of unbranched alkanes of at least 4 members (excludes halogenated alkanes) is 1. The van der Waals surface area contributed by atoms with E-state index in [0.717, 1.165) is 19.4 Å². The summed E-state index contributed by atoms with van der Waals surface area (Å²) in [5.74, 6) is -0.776. The van der Waals surface area contributed by atoms with Crippen molar-refractivity contribution in [3.63, 3.8) is 0 Å². The Kier molecular flexibility index (Phi) is 4.18. The fraction of sp³-hybridized carbons (Fsp3) is 0.889. The molecule has 1 rings (SSSR count). The highest BCUT2D eigenvalue weighted by Crippen LogP contribution is 2.10. The number of hydrogen-bond donors (Lipinski definition) is 2. The zero-order valence-corrected chi connectivity index (χ0v) is 7.95. The lowest BCUT2D eigenvalue weighted by Crippen LogP contribution is -2.29. The van der Waals surface area contributed by atoms with Gasteiger partial charge in [0.1, 0.15) is 6.04 Å². The van der Waals surface area contributed by atoms with Gasteiger partial charge in [0.15, 0.2) is 0 Å². The lowest BCUT2D eigenvalue weighted by atomic mass is 10.2. The number of carbonyl (C=O) groups is 1. The fourth-order valence-electron chi connectivity index (χ4n) is 1.41. The molecule has 0 saturated carbocycles. The van der Waals surface area contributed by atoms with Crippen LogP contribution in [0, 0.1) is 0 Å². The number of rotatable bonds is 5. The van der Waals surface area contributed by atoms with Gasteiger partial charge in [0.05, 0.1) is 6.10 Å². The molecule has 2 atom stereocenters. The lowest BCUT2D eigenvalue weighted by molar-refractivity contribution is -0.139. The molecule has 4 heteroatoms. The van der Waals surface area contributed by atoms with Gasteiger partial charge in [-0.25, -0.2) is 0 Å². The van der Waals surface area contributed by atoms with Crippen LogP contribution in [0.2, 0.25) is 0 Å². The van der Waals surface area contributed by atoms with Crippen molar-refractivity contribution < 1.29 is 14.6 Å². The van der Waals surface area contributed by atoms with Crippen LogP contribution in [0.5, 0.6) is 0 Å². The van der Waals surface area contributed by atoms with E-state index in [0.29, 0.717) is 13.0 Å². The summed E-state index contributed by atoms with van der Waals surface area (Å²) in [5.41, 5.74) is 0. The molecule has 0 aromatic heterocycles. The zero-order chi connectivity index (χ0) is 9.68. The smallest absolute Gasteiger partial charge is 0.320 e. The zero-order valence-electron chi connectivity index (χ0n) is 7.95. The van der Waals surface area contributed by atoms with Crippen LogP contribution in [-0.2, 0) is 9.53 Å². The number of nitrogens with one attached hydrogen (secondary N) is 1. The van der Waals surface area contributed by atoms with Crippen LogP contribution in [0.25, 0.3) is 0 Å². The first-order chi connectivity index (χ1) is 6.24. The molecule has 0 spiro atoms. The van der Waals surface area contributed by atoms with Crippen molar-refractivity contribution in [2.45, 2.75) is 38.3 Å². The Morgan fingerprint density at radius 2 is 2.46 bits per heavy atom. The summed E-state index contributed by atoms with van der Waals surface area (Å²) in [6.07, 6.45) is 2.85. The molecule has 0 radical (unpaired) electrons. The van der Waals surface area contributed by atoms with E-state index >= 15 is 0 Å². The van der Waals surface area contributed by atoms with Crippen molar-refractivity contribution in [2.75, 3.05) is 13.2 Å². The Balaban J connectivity index is 2.14. The van der Waals surface area contributed by atoms with Crippen LogP contribution in [0.15, 0.2) is 0 Å². The van der Waals surface area contributed by atoms with Gasteiger partial charge in [-0.2, -0.15) is 0 Å². The van der Waals surface area contributed by atoms with E-state index in [1.807, 2.05) is 0 Å². The average molecular weight is 187 g/mol. The van der Waals surface area contributed by atoms with Crippen LogP contribution >= 0.6 is 0 Å². The second kappa shape index (κ2) is 5.19. The van der Waals surface area contributed by atoms with E-state index in [9.17, 15) is 4.79 Å². The third-order valence-electron chi connectivity index (χ3n) is 2.24. The van der Waals surface area contributed by atoms with Gasteiger partial charge >= 0.3 is 5.97 Å². The molecule has 4 nitrogen and oxygen atoms in total. The minimum atomic E-state index is -0.776. The van der Waals surface area contributed by atoms with E-state index in [1.54, 1.807) is 0 Å². The van der Waals surface area contributed by atoms with Crippen LogP contribution in [-0.4, -0.2) is 36.4 Å². The molecule has 1 saturated heterocycles. The van der Waals surface area contributed by atoms with Crippen LogP contribution in [0.4, 0.5) is 0 Å². The molecule has 76 valence electrons. The summed E-state index contributed by atoms with van der Waals surface area (Å²) in [6, 6.07) is -0.411.